The fourth-order valence-electron chi connectivity index (χ4n) is 7.78. The predicted octanol–water partition coefficient (Wildman–Crippen LogP) is 11.6. The molecule has 1 fully saturated rings. The van der Waals surface area contributed by atoms with E-state index >= 15 is 0 Å². The molecule has 6 atom stereocenters. The summed E-state index contributed by atoms with van der Waals surface area (Å²) in [5.74, 6) is -0.311. The Balaban J connectivity index is 2.20. The van der Waals surface area contributed by atoms with Gasteiger partial charge in [-0.05, 0) is 38.5 Å². The number of hydrogen-bond donors (Lipinski definition) is 4. The Bertz CT molecular complexity index is 899. The topological polar surface area (TPSA) is 135 Å². The summed E-state index contributed by atoms with van der Waals surface area (Å²) in [4.78, 5) is 12.8. The molecule has 1 heterocycles. The Morgan fingerprint density at radius 3 is 1.40 bits per heavy atom. The average Bonchev–Trinajstić information content (AvgIpc) is 3.22. The number of aliphatic hydroxyl groups is 4. The third-order valence-corrected chi connectivity index (χ3v) is 11.7. The maximum Gasteiger partial charge on any atom is 0.306 e. The molecule has 9 nitrogen and oxygen atoms in total. The minimum atomic E-state index is -1.53. The minimum Gasteiger partial charge on any atom is -0.457 e. The monoisotopic (exact) mass is 827 g/mol. The zero-order valence-corrected chi connectivity index (χ0v) is 37.8. The van der Waals surface area contributed by atoms with Crippen molar-refractivity contribution in [2.45, 2.75) is 269 Å². The van der Waals surface area contributed by atoms with E-state index in [9.17, 15) is 25.2 Å². The lowest BCUT2D eigenvalue weighted by Crippen LogP contribution is -2.59. The first kappa shape index (κ1) is 54.9. The molecule has 9 heteroatoms. The molecule has 1 aliphatic heterocycles. The molecule has 0 aromatic heterocycles. The number of unbranched alkanes of at least 4 members (excludes halogenated alkanes) is 30. The second-order valence-electron chi connectivity index (χ2n) is 17.3. The van der Waals surface area contributed by atoms with Crippen molar-refractivity contribution < 1.29 is 44.2 Å². The van der Waals surface area contributed by atoms with E-state index in [1.165, 1.54) is 180 Å². The fraction of sp³-hybridized carbons (Fsp3) is 0.939. The first-order valence-corrected chi connectivity index (χ1v) is 24.8. The molecular formula is C49H94O9. The second kappa shape index (κ2) is 41.3. The molecule has 4 N–H and O–H groups in total. The average molecular weight is 827 g/mol. The molecule has 58 heavy (non-hydrogen) atoms. The molecule has 0 aromatic carbocycles. The zero-order valence-electron chi connectivity index (χ0n) is 37.8. The van der Waals surface area contributed by atoms with Crippen LogP contribution >= 0.6 is 0 Å². The second-order valence-corrected chi connectivity index (χ2v) is 17.3. The van der Waals surface area contributed by atoms with E-state index in [4.69, 9.17) is 18.9 Å². The molecule has 0 saturated carbocycles. The van der Waals surface area contributed by atoms with Gasteiger partial charge in [0.1, 0.15) is 30.5 Å². The van der Waals surface area contributed by atoms with Gasteiger partial charge in [-0.3, -0.25) is 4.79 Å². The number of carbonyl (C=O) groups is 1. The Morgan fingerprint density at radius 1 is 0.534 bits per heavy atom. The molecule has 0 spiro atoms. The van der Waals surface area contributed by atoms with E-state index < -0.39 is 43.4 Å². The quantitative estimate of drug-likeness (QED) is 0.0269. The van der Waals surface area contributed by atoms with E-state index in [1.54, 1.807) is 0 Å². The first-order valence-electron chi connectivity index (χ1n) is 24.8. The molecule has 0 radical (unpaired) electrons. The number of esters is 1. The minimum absolute atomic E-state index is 0.108. The summed E-state index contributed by atoms with van der Waals surface area (Å²) in [6.07, 6.45) is 39.5. The summed E-state index contributed by atoms with van der Waals surface area (Å²) in [6, 6.07) is 0. The van der Waals surface area contributed by atoms with Crippen molar-refractivity contribution in [2.24, 2.45) is 0 Å². The number of aliphatic hydroxyl groups excluding tert-OH is 4. The summed E-state index contributed by atoms with van der Waals surface area (Å²) in [7, 11) is 0. The molecule has 0 aromatic rings. The smallest absolute Gasteiger partial charge is 0.306 e. The third-order valence-electron chi connectivity index (χ3n) is 11.7. The van der Waals surface area contributed by atoms with Crippen molar-refractivity contribution >= 4 is 5.97 Å². The summed E-state index contributed by atoms with van der Waals surface area (Å²) in [5, 5.41) is 40.2. The number of allylic oxidation sites excluding steroid dienone is 2. The van der Waals surface area contributed by atoms with Crippen LogP contribution in [0.2, 0.25) is 0 Å². The highest BCUT2D eigenvalue weighted by molar-refractivity contribution is 5.69. The Labute approximate surface area is 356 Å². The van der Waals surface area contributed by atoms with Crippen molar-refractivity contribution in [3.8, 4) is 0 Å². The molecule has 0 bridgehead atoms. The number of carbonyl (C=O) groups excluding carboxylic acids is 1. The standard InChI is InChI=1S/C49H94O9/c1-3-5-7-9-11-13-15-17-19-20-21-22-23-24-25-26-28-30-32-34-36-38-45(51)57-43(42-56-49-48(54)47(53)46(52)44(40-50)58-49)41-55-39-37-35-33-31-29-27-18-16-14-12-10-8-6-4-2/h20-21,43-44,46-50,52-54H,3-19,22-42H2,1-2H3/b21-20-. The Kier molecular flexibility index (Phi) is 39.1. The van der Waals surface area contributed by atoms with Gasteiger partial charge in [-0.2, -0.15) is 0 Å². The van der Waals surface area contributed by atoms with Gasteiger partial charge in [0.15, 0.2) is 6.29 Å². The van der Waals surface area contributed by atoms with Crippen molar-refractivity contribution in [2.75, 3.05) is 26.4 Å². The van der Waals surface area contributed by atoms with Gasteiger partial charge in [0.05, 0.1) is 19.8 Å². The molecule has 1 aliphatic rings. The van der Waals surface area contributed by atoms with Crippen LogP contribution < -0.4 is 0 Å². The molecule has 6 unspecified atom stereocenters. The van der Waals surface area contributed by atoms with Crippen molar-refractivity contribution in [1.29, 1.82) is 0 Å². The predicted molar refractivity (Wildman–Crippen MR) is 238 cm³/mol. The molecular weight excluding hydrogens is 733 g/mol. The number of rotatable bonds is 43. The van der Waals surface area contributed by atoms with Crippen LogP contribution in [0, 0.1) is 0 Å². The summed E-state index contributed by atoms with van der Waals surface area (Å²) in [5.41, 5.74) is 0. The molecule has 0 amide bonds. The van der Waals surface area contributed by atoms with Crippen molar-refractivity contribution in [1.82, 2.24) is 0 Å². The van der Waals surface area contributed by atoms with E-state index in [0.717, 1.165) is 32.1 Å². The zero-order chi connectivity index (χ0) is 42.2. The Hall–Kier alpha value is -1.07. The third kappa shape index (κ3) is 31.8. The summed E-state index contributed by atoms with van der Waals surface area (Å²) < 4.78 is 22.9. The van der Waals surface area contributed by atoms with Gasteiger partial charge in [0.2, 0.25) is 0 Å². The van der Waals surface area contributed by atoms with E-state index in [1.807, 2.05) is 0 Å². The van der Waals surface area contributed by atoms with Crippen molar-refractivity contribution in [3.63, 3.8) is 0 Å². The number of ether oxygens (including phenoxy) is 4. The van der Waals surface area contributed by atoms with E-state index in [0.29, 0.717) is 13.0 Å². The maximum absolute atomic E-state index is 12.8. The largest absolute Gasteiger partial charge is 0.457 e. The van der Waals surface area contributed by atoms with Crippen LogP contribution in [0.15, 0.2) is 12.2 Å². The normalized spacial score (nSPS) is 20.3. The van der Waals surface area contributed by atoms with Gasteiger partial charge in [0, 0.05) is 13.0 Å². The van der Waals surface area contributed by atoms with Crippen LogP contribution in [0.25, 0.3) is 0 Å². The number of hydrogen-bond acceptors (Lipinski definition) is 9. The van der Waals surface area contributed by atoms with Crippen LogP contribution in [0.3, 0.4) is 0 Å². The Morgan fingerprint density at radius 2 is 0.948 bits per heavy atom. The molecule has 1 saturated heterocycles. The van der Waals surface area contributed by atoms with Crippen LogP contribution in [0.1, 0.15) is 232 Å². The maximum atomic E-state index is 12.8. The SMILES string of the molecule is CCCCCCCCCC/C=C\CCCCCCCCCCCC(=O)OC(COCCCCCCCCCCCCCCCC)COC1OC(CO)C(O)C(O)C1O. The van der Waals surface area contributed by atoms with Gasteiger partial charge < -0.3 is 39.4 Å². The van der Waals surface area contributed by atoms with Crippen molar-refractivity contribution in [3.05, 3.63) is 12.2 Å². The fourth-order valence-corrected chi connectivity index (χ4v) is 7.78. The van der Waals surface area contributed by atoms with Crippen LogP contribution in [-0.2, 0) is 23.7 Å². The van der Waals surface area contributed by atoms with E-state index in [2.05, 4.69) is 26.0 Å². The highest BCUT2D eigenvalue weighted by atomic mass is 16.7. The van der Waals surface area contributed by atoms with Crippen LogP contribution in [0.4, 0.5) is 0 Å². The van der Waals surface area contributed by atoms with E-state index in [-0.39, 0.29) is 19.2 Å². The highest BCUT2D eigenvalue weighted by Crippen LogP contribution is 2.23. The van der Waals surface area contributed by atoms with Crippen LogP contribution in [-0.4, -0.2) is 89.6 Å². The van der Waals surface area contributed by atoms with Gasteiger partial charge in [-0.15, -0.1) is 0 Å². The lowest BCUT2D eigenvalue weighted by atomic mass is 9.99. The van der Waals surface area contributed by atoms with Crippen LogP contribution in [0.5, 0.6) is 0 Å². The van der Waals surface area contributed by atoms with Gasteiger partial charge in [-0.25, -0.2) is 0 Å². The summed E-state index contributed by atoms with van der Waals surface area (Å²) >= 11 is 0. The van der Waals surface area contributed by atoms with Gasteiger partial charge in [0.25, 0.3) is 0 Å². The molecule has 344 valence electrons. The molecule has 1 rings (SSSR count). The lowest BCUT2D eigenvalue weighted by molar-refractivity contribution is -0.305. The van der Waals surface area contributed by atoms with Gasteiger partial charge in [-0.1, -0.05) is 199 Å². The highest BCUT2D eigenvalue weighted by Gasteiger charge is 2.44. The van der Waals surface area contributed by atoms with Gasteiger partial charge >= 0.3 is 5.97 Å². The first-order chi connectivity index (χ1) is 28.4. The molecule has 0 aliphatic carbocycles. The lowest BCUT2D eigenvalue weighted by Gasteiger charge is -2.39. The summed E-state index contributed by atoms with van der Waals surface area (Å²) in [6.45, 7) is 4.60.